The van der Waals surface area contributed by atoms with Crippen molar-refractivity contribution < 1.29 is 14.3 Å². The number of thiophene rings is 1. The SMILES string of the molecule is C[C@@H](OC(=O)c1sc2cc(Cl)cc(Cl)c2c1Cl)C(=O)Nc1ncccn1. The number of halogens is 3. The lowest BCUT2D eigenvalue weighted by atomic mass is 10.2. The Kier molecular flexibility index (Phi) is 5.62. The lowest BCUT2D eigenvalue weighted by molar-refractivity contribution is -0.123. The highest BCUT2D eigenvalue weighted by Crippen LogP contribution is 2.41. The van der Waals surface area contributed by atoms with Gasteiger partial charge in [0.1, 0.15) is 4.88 Å². The van der Waals surface area contributed by atoms with Gasteiger partial charge in [-0.25, -0.2) is 14.8 Å². The lowest BCUT2D eigenvalue weighted by Crippen LogP contribution is -2.30. The van der Waals surface area contributed by atoms with E-state index in [1.165, 1.54) is 25.4 Å². The zero-order valence-corrected chi connectivity index (χ0v) is 16.2. The molecule has 0 aliphatic carbocycles. The van der Waals surface area contributed by atoms with Crippen molar-refractivity contribution in [1.29, 1.82) is 0 Å². The third-order valence-electron chi connectivity index (χ3n) is 3.29. The maximum Gasteiger partial charge on any atom is 0.350 e. The summed E-state index contributed by atoms with van der Waals surface area (Å²) in [6.07, 6.45) is 1.88. The molecule has 1 amide bonds. The van der Waals surface area contributed by atoms with E-state index in [1.807, 2.05) is 0 Å². The molecule has 134 valence electrons. The summed E-state index contributed by atoms with van der Waals surface area (Å²) in [7, 11) is 0. The molecule has 0 unspecified atom stereocenters. The molecule has 1 aromatic carbocycles. The highest BCUT2D eigenvalue weighted by molar-refractivity contribution is 7.21. The molecule has 1 N–H and O–H groups in total. The standard InChI is InChI=1S/C16H10Cl3N3O3S/c1-7(14(23)22-16-20-3-2-4-21-16)25-15(24)13-12(19)11-9(18)5-8(17)6-10(11)26-13/h2-7H,1H3,(H,20,21,22,23)/t7-/m1/s1. The molecule has 0 bridgehead atoms. The van der Waals surface area contributed by atoms with E-state index in [9.17, 15) is 9.59 Å². The van der Waals surface area contributed by atoms with Crippen LogP contribution in [0.15, 0.2) is 30.6 Å². The molecule has 0 aliphatic rings. The van der Waals surface area contributed by atoms with Gasteiger partial charge in [0.2, 0.25) is 5.95 Å². The van der Waals surface area contributed by atoms with Crippen LogP contribution in [-0.2, 0) is 9.53 Å². The van der Waals surface area contributed by atoms with Gasteiger partial charge in [-0.1, -0.05) is 34.8 Å². The zero-order valence-electron chi connectivity index (χ0n) is 13.1. The van der Waals surface area contributed by atoms with Crippen molar-refractivity contribution in [3.8, 4) is 0 Å². The Hall–Kier alpha value is -1.93. The minimum absolute atomic E-state index is 0.113. The normalized spacial score (nSPS) is 12.0. The van der Waals surface area contributed by atoms with Crippen molar-refractivity contribution in [3.63, 3.8) is 0 Å². The molecule has 0 aliphatic heterocycles. The van der Waals surface area contributed by atoms with Gasteiger partial charge < -0.3 is 4.74 Å². The Morgan fingerprint density at radius 2 is 1.88 bits per heavy atom. The summed E-state index contributed by atoms with van der Waals surface area (Å²) in [6.45, 7) is 1.43. The number of carbonyl (C=O) groups is 2. The molecule has 2 aromatic heterocycles. The molecule has 6 nitrogen and oxygen atoms in total. The number of esters is 1. The molecular weight excluding hydrogens is 421 g/mol. The fourth-order valence-corrected chi connectivity index (χ4v) is 4.34. The summed E-state index contributed by atoms with van der Waals surface area (Å²) in [5.41, 5.74) is 0. The Labute approximate surface area is 167 Å². The van der Waals surface area contributed by atoms with E-state index in [4.69, 9.17) is 39.5 Å². The molecule has 0 saturated heterocycles. The Balaban J connectivity index is 1.77. The molecule has 2 heterocycles. The van der Waals surface area contributed by atoms with Crippen LogP contribution in [0.5, 0.6) is 0 Å². The number of ether oxygens (including phenoxy) is 1. The van der Waals surface area contributed by atoms with Crippen LogP contribution in [0.25, 0.3) is 10.1 Å². The summed E-state index contributed by atoms with van der Waals surface area (Å²) in [5.74, 6) is -1.19. The smallest absolute Gasteiger partial charge is 0.350 e. The first-order valence-electron chi connectivity index (χ1n) is 7.22. The van der Waals surface area contributed by atoms with Crippen molar-refractivity contribution >= 4 is 74.1 Å². The van der Waals surface area contributed by atoms with Gasteiger partial charge in [0.05, 0.1) is 10.0 Å². The van der Waals surface area contributed by atoms with E-state index in [2.05, 4.69) is 15.3 Å². The second-order valence-electron chi connectivity index (χ2n) is 5.12. The number of amides is 1. The number of nitrogens with one attached hydrogen (secondary N) is 1. The number of anilines is 1. The van der Waals surface area contributed by atoms with Crippen LogP contribution in [0.4, 0.5) is 5.95 Å². The maximum atomic E-state index is 12.4. The third-order valence-corrected chi connectivity index (χ3v) is 5.41. The number of rotatable bonds is 4. The molecule has 0 spiro atoms. The Morgan fingerprint density at radius 3 is 2.58 bits per heavy atom. The number of benzene rings is 1. The lowest BCUT2D eigenvalue weighted by Gasteiger charge is -2.12. The fraction of sp³-hybridized carbons (Fsp3) is 0.125. The van der Waals surface area contributed by atoms with Gasteiger partial charge in [0.25, 0.3) is 5.91 Å². The molecule has 10 heteroatoms. The van der Waals surface area contributed by atoms with Gasteiger partial charge in [0, 0.05) is 27.5 Å². The summed E-state index contributed by atoms with van der Waals surface area (Å²) in [4.78, 5) is 32.4. The van der Waals surface area contributed by atoms with Crippen molar-refractivity contribution in [2.45, 2.75) is 13.0 Å². The predicted molar refractivity (Wildman–Crippen MR) is 102 cm³/mol. The minimum atomic E-state index is -1.08. The molecule has 26 heavy (non-hydrogen) atoms. The van der Waals surface area contributed by atoms with E-state index < -0.39 is 18.0 Å². The second kappa shape index (κ2) is 7.75. The average Bonchev–Trinajstić information content (AvgIpc) is 2.92. The topological polar surface area (TPSA) is 81.2 Å². The van der Waals surface area contributed by atoms with Crippen LogP contribution < -0.4 is 5.32 Å². The van der Waals surface area contributed by atoms with Gasteiger partial charge in [-0.2, -0.15) is 0 Å². The van der Waals surface area contributed by atoms with Crippen LogP contribution in [0, 0.1) is 0 Å². The van der Waals surface area contributed by atoms with E-state index >= 15 is 0 Å². The number of carbonyl (C=O) groups excluding carboxylic acids is 2. The Morgan fingerprint density at radius 1 is 1.19 bits per heavy atom. The number of hydrogen-bond acceptors (Lipinski definition) is 6. The highest BCUT2D eigenvalue weighted by atomic mass is 35.5. The molecule has 3 rings (SSSR count). The molecule has 1 atom stereocenters. The van der Waals surface area contributed by atoms with Gasteiger partial charge in [-0.05, 0) is 25.1 Å². The first kappa shape index (κ1) is 18.8. The zero-order chi connectivity index (χ0) is 18.8. The van der Waals surface area contributed by atoms with Gasteiger partial charge in [-0.3, -0.25) is 10.1 Å². The first-order valence-corrected chi connectivity index (χ1v) is 9.17. The molecular formula is C16H10Cl3N3O3S. The molecule has 0 saturated carbocycles. The van der Waals surface area contributed by atoms with Crippen LogP contribution in [0.2, 0.25) is 15.1 Å². The van der Waals surface area contributed by atoms with Crippen molar-refractivity contribution in [1.82, 2.24) is 9.97 Å². The van der Waals surface area contributed by atoms with Crippen LogP contribution in [0.1, 0.15) is 16.6 Å². The first-order chi connectivity index (χ1) is 12.4. The third kappa shape index (κ3) is 3.91. The number of fused-ring (bicyclic) bond motifs is 1. The van der Waals surface area contributed by atoms with E-state index in [0.717, 1.165) is 11.3 Å². The fourth-order valence-electron chi connectivity index (χ4n) is 2.09. The minimum Gasteiger partial charge on any atom is -0.448 e. The second-order valence-corrected chi connectivity index (χ2v) is 7.39. The Bertz CT molecular complexity index is 995. The van der Waals surface area contributed by atoms with Crippen molar-refractivity contribution in [2.24, 2.45) is 0 Å². The van der Waals surface area contributed by atoms with Crippen LogP contribution in [-0.4, -0.2) is 27.9 Å². The van der Waals surface area contributed by atoms with E-state index in [1.54, 1.807) is 12.1 Å². The van der Waals surface area contributed by atoms with E-state index in [-0.39, 0.29) is 15.8 Å². The highest BCUT2D eigenvalue weighted by Gasteiger charge is 2.25. The van der Waals surface area contributed by atoms with Gasteiger partial charge >= 0.3 is 5.97 Å². The summed E-state index contributed by atoms with van der Waals surface area (Å²) in [5, 5.41) is 3.89. The summed E-state index contributed by atoms with van der Waals surface area (Å²) in [6, 6.07) is 4.80. The monoisotopic (exact) mass is 429 g/mol. The van der Waals surface area contributed by atoms with Gasteiger partial charge in [-0.15, -0.1) is 11.3 Å². The van der Waals surface area contributed by atoms with E-state index in [0.29, 0.717) is 20.1 Å². The summed E-state index contributed by atoms with van der Waals surface area (Å²) < 4.78 is 5.84. The quantitative estimate of drug-likeness (QED) is 0.599. The van der Waals surface area contributed by atoms with Crippen molar-refractivity contribution in [2.75, 3.05) is 5.32 Å². The molecule has 3 aromatic rings. The largest absolute Gasteiger partial charge is 0.448 e. The molecule has 0 radical (unpaired) electrons. The maximum absolute atomic E-state index is 12.4. The predicted octanol–water partition coefficient (Wildman–Crippen LogP) is 4.84. The van der Waals surface area contributed by atoms with Crippen LogP contribution >= 0.6 is 46.1 Å². The number of hydrogen-bond donors (Lipinski definition) is 1. The average molecular weight is 431 g/mol. The number of aromatic nitrogens is 2. The van der Waals surface area contributed by atoms with Crippen LogP contribution in [0.3, 0.4) is 0 Å². The van der Waals surface area contributed by atoms with Gasteiger partial charge in [0.15, 0.2) is 6.10 Å². The van der Waals surface area contributed by atoms with Crippen molar-refractivity contribution in [3.05, 3.63) is 50.5 Å². The number of nitrogens with zero attached hydrogens (tertiary/aromatic N) is 2. The molecule has 0 fully saturated rings. The summed E-state index contributed by atoms with van der Waals surface area (Å²) >= 11 is 19.5.